The third-order valence-corrected chi connectivity index (χ3v) is 3.52. The number of ether oxygens (including phenoxy) is 1. The van der Waals surface area contributed by atoms with Crippen molar-refractivity contribution in [3.05, 3.63) is 53.2 Å². The number of carbonyl (C=O) groups excluding carboxylic acids is 1. The molecule has 0 N–H and O–H groups in total. The summed E-state index contributed by atoms with van der Waals surface area (Å²) < 4.78 is 42.8. The number of hydrogen-bond acceptors (Lipinski definition) is 3. The Morgan fingerprint density at radius 2 is 1.91 bits per heavy atom. The Morgan fingerprint density at radius 3 is 2.59 bits per heavy atom. The Balaban J connectivity index is 1.81. The average molecular weight is 307 g/mol. The lowest BCUT2D eigenvalue weighted by atomic mass is 9.90. The van der Waals surface area contributed by atoms with Crippen molar-refractivity contribution in [1.82, 2.24) is 4.98 Å². The maximum absolute atomic E-state index is 12.5. The van der Waals surface area contributed by atoms with Crippen LogP contribution in [0, 0.1) is 0 Å². The minimum atomic E-state index is -4.43. The molecule has 0 unspecified atom stereocenters. The highest BCUT2D eigenvalue weighted by Gasteiger charge is 2.30. The molecule has 0 aliphatic heterocycles. The lowest BCUT2D eigenvalue weighted by Gasteiger charge is -2.15. The number of fused-ring (bicyclic) bond motifs is 1. The Kier molecular flexibility index (Phi) is 3.60. The number of Topliss-reactive ketones (excluding diaryl/α,β-unsaturated/α-hetero) is 1. The predicted molar refractivity (Wildman–Crippen MR) is 73.0 cm³/mol. The van der Waals surface area contributed by atoms with Crippen LogP contribution in [0.1, 0.15) is 34.3 Å². The minimum absolute atomic E-state index is 0.0520. The van der Waals surface area contributed by atoms with Gasteiger partial charge in [0.25, 0.3) is 0 Å². The molecule has 3 rings (SSSR count). The molecule has 1 aliphatic carbocycles. The zero-order chi connectivity index (χ0) is 15.7. The summed E-state index contributed by atoms with van der Waals surface area (Å²) in [7, 11) is 0. The van der Waals surface area contributed by atoms with E-state index < -0.39 is 11.7 Å². The zero-order valence-corrected chi connectivity index (χ0v) is 11.5. The van der Waals surface area contributed by atoms with Gasteiger partial charge in [0.15, 0.2) is 5.78 Å². The zero-order valence-electron chi connectivity index (χ0n) is 11.5. The molecule has 6 heteroatoms. The average Bonchev–Trinajstić information content (AvgIpc) is 2.48. The van der Waals surface area contributed by atoms with E-state index in [2.05, 4.69) is 4.98 Å². The van der Waals surface area contributed by atoms with Gasteiger partial charge in [0, 0.05) is 24.2 Å². The van der Waals surface area contributed by atoms with Crippen LogP contribution in [0.15, 0.2) is 36.5 Å². The van der Waals surface area contributed by atoms with Crippen molar-refractivity contribution >= 4 is 5.78 Å². The Bertz CT molecular complexity index is 708. The number of hydrogen-bond donors (Lipinski definition) is 0. The van der Waals surface area contributed by atoms with Gasteiger partial charge in [0.05, 0.1) is 5.56 Å². The lowest BCUT2D eigenvalue weighted by molar-refractivity contribution is -0.137. The van der Waals surface area contributed by atoms with Crippen LogP contribution in [0.2, 0.25) is 0 Å². The van der Waals surface area contributed by atoms with Crippen LogP contribution < -0.4 is 4.74 Å². The molecule has 0 spiro atoms. The number of aryl methyl sites for hydroxylation is 1. The van der Waals surface area contributed by atoms with Gasteiger partial charge in [0.2, 0.25) is 5.88 Å². The summed E-state index contributed by atoms with van der Waals surface area (Å²) in [6.45, 7) is 0. The Labute approximate surface area is 124 Å². The summed E-state index contributed by atoms with van der Waals surface area (Å²) in [6, 6.07) is 7.19. The van der Waals surface area contributed by atoms with Crippen LogP contribution in [0.5, 0.6) is 11.6 Å². The molecule has 0 atom stereocenters. The molecule has 1 aromatic carbocycles. The van der Waals surface area contributed by atoms with Gasteiger partial charge >= 0.3 is 6.18 Å². The second-order valence-electron chi connectivity index (χ2n) is 5.08. The molecule has 0 amide bonds. The number of nitrogens with zero attached hydrogens (tertiary/aromatic N) is 1. The first-order valence-electron chi connectivity index (χ1n) is 6.81. The van der Waals surface area contributed by atoms with Gasteiger partial charge in [0.1, 0.15) is 5.75 Å². The molecule has 1 aliphatic rings. The molecule has 0 saturated heterocycles. The fourth-order valence-electron chi connectivity index (χ4n) is 2.40. The Morgan fingerprint density at radius 1 is 1.09 bits per heavy atom. The minimum Gasteiger partial charge on any atom is -0.439 e. The molecule has 0 radical (unpaired) electrons. The standard InChI is InChI=1S/C16H12F3NO2/c17-16(18,19)11-5-7-15(20-9-11)22-12-6-4-10-2-1-3-14(21)13(10)8-12/h4-9H,1-3H2. The van der Waals surface area contributed by atoms with Gasteiger partial charge in [-0.15, -0.1) is 0 Å². The predicted octanol–water partition coefficient (Wildman–Crippen LogP) is 4.41. The van der Waals surface area contributed by atoms with Crippen molar-refractivity contribution in [2.24, 2.45) is 0 Å². The first-order chi connectivity index (χ1) is 10.4. The molecule has 0 saturated carbocycles. The van der Waals surface area contributed by atoms with Crippen molar-refractivity contribution in [1.29, 1.82) is 0 Å². The fraction of sp³-hybridized carbons (Fsp3) is 0.250. The van der Waals surface area contributed by atoms with E-state index in [1.165, 1.54) is 0 Å². The quantitative estimate of drug-likeness (QED) is 0.825. The summed E-state index contributed by atoms with van der Waals surface area (Å²) in [5, 5.41) is 0. The van der Waals surface area contributed by atoms with E-state index >= 15 is 0 Å². The van der Waals surface area contributed by atoms with Gasteiger partial charge in [-0.05, 0) is 36.6 Å². The van der Waals surface area contributed by atoms with E-state index in [1.807, 2.05) is 6.07 Å². The van der Waals surface area contributed by atoms with Gasteiger partial charge in [-0.2, -0.15) is 13.2 Å². The summed E-state index contributed by atoms with van der Waals surface area (Å²) in [5.74, 6) is 0.504. The van der Waals surface area contributed by atoms with Crippen LogP contribution in [0.3, 0.4) is 0 Å². The molecule has 114 valence electrons. The van der Waals surface area contributed by atoms with E-state index in [0.29, 0.717) is 17.7 Å². The summed E-state index contributed by atoms with van der Waals surface area (Å²) in [5.41, 5.74) is 0.764. The SMILES string of the molecule is O=C1CCCc2ccc(Oc3ccc(C(F)(F)F)cn3)cc21. The first-order valence-corrected chi connectivity index (χ1v) is 6.81. The number of halogens is 3. The van der Waals surface area contributed by atoms with E-state index in [-0.39, 0.29) is 11.7 Å². The van der Waals surface area contributed by atoms with E-state index in [9.17, 15) is 18.0 Å². The smallest absolute Gasteiger partial charge is 0.417 e. The molecular weight excluding hydrogens is 295 g/mol. The molecule has 1 aromatic heterocycles. The number of benzene rings is 1. The van der Waals surface area contributed by atoms with Crippen molar-refractivity contribution in [2.75, 3.05) is 0 Å². The van der Waals surface area contributed by atoms with Crippen molar-refractivity contribution < 1.29 is 22.7 Å². The summed E-state index contributed by atoms with van der Waals surface area (Å²) >= 11 is 0. The molecule has 0 bridgehead atoms. The van der Waals surface area contributed by atoms with Crippen LogP contribution in [-0.2, 0) is 12.6 Å². The number of carbonyl (C=O) groups is 1. The maximum atomic E-state index is 12.5. The van der Waals surface area contributed by atoms with Gasteiger partial charge in [-0.1, -0.05) is 6.07 Å². The third kappa shape index (κ3) is 2.95. The summed E-state index contributed by atoms with van der Waals surface area (Å²) in [4.78, 5) is 15.5. The number of alkyl halides is 3. The molecule has 1 heterocycles. The van der Waals surface area contributed by atoms with Crippen molar-refractivity contribution in [3.8, 4) is 11.6 Å². The fourth-order valence-corrected chi connectivity index (χ4v) is 2.40. The number of rotatable bonds is 2. The first kappa shape index (κ1) is 14.6. The van der Waals surface area contributed by atoms with E-state index in [1.54, 1.807) is 12.1 Å². The van der Waals surface area contributed by atoms with Crippen LogP contribution in [0.4, 0.5) is 13.2 Å². The largest absolute Gasteiger partial charge is 0.439 e. The van der Waals surface area contributed by atoms with Crippen molar-refractivity contribution in [2.45, 2.75) is 25.4 Å². The van der Waals surface area contributed by atoms with Crippen molar-refractivity contribution in [3.63, 3.8) is 0 Å². The molecule has 2 aromatic rings. The highest BCUT2D eigenvalue weighted by Crippen LogP contribution is 2.31. The topological polar surface area (TPSA) is 39.2 Å². The maximum Gasteiger partial charge on any atom is 0.417 e. The van der Waals surface area contributed by atoms with E-state index in [4.69, 9.17) is 4.74 Å². The molecule has 22 heavy (non-hydrogen) atoms. The molecular formula is C16H12F3NO2. The second kappa shape index (κ2) is 5.44. The molecule has 0 fully saturated rings. The molecule has 3 nitrogen and oxygen atoms in total. The van der Waals surface area contributed by atoms with Crippen LogP contribution >= 0.6 is 0 Å². The van der Waals surface area contributed by atoms with Gasteiger partial charge in [-0.25, -0.2) is 4.98 Å². The number of pyridine rings is 1. The Hall–Kier alpha value is -2.37. The van der Waals surface area contributed by atoms with E-state index in [0.717, 1.165) is 36.7 Å². The monoisotopic (exact) mass is 307 g/mol. The summed E-state index contributed by atoms with van der Waals surface area (Å²) in [6.07, 6.45) is -1.51. The lowest BCUT2D eigenvalue weighted by Crippen LogP contribution is -2.10. The highest BCUT2D eigenvalue weighted by molar-refractivity contribution is 5.98. The van der Waals surface area contributed by atoms with Gasteiger partial charge < -0.3 is 4.74 Å². The third-order valence-electron chi connectivity index (χ3n) is 3.52. The van der Waals surface area contributed by atoms with Crippen LogP contribution in [0.25, 0.3) is 0 Å². The normalized spacial score (nSPS) is 14.6. The number of ketones is 1. The second-order valence-corrected chi connectivity index (χ2v) is 5.08. The number of aromatic nitrogens is 1. The van der Waals surface area contributed by atoms with Gasteiger partial charge in [-0.3, -0.25) is 4.79 Å². The highest BCUT2D eigenvalue weighted by atomic mass is 19.4. The van der Waals surface area contributed by atoms with Crippen LogP contribution in [-0.4, -0.2) is 10.8 Å².